The zero-order valence-electron chi connectivity index (χ0n) is 13.6. The Labute approximate surface area is 146 Å². The van der Waals surface area contributed by atoms with Crippen LogP contribution < -0.4 is 11.1 Å². The summed E-state index contributed by atoms with van der Waals surface area (Å²) in [4.78, 5) is 12.2. The monoisotopic (exact) mass is 342 g/mol. The molecular formula is C18H19ClN4O. The lowest BCUT2D eigenvalue weighted by molar-refractivity contribution is 0.184. The van der Waals surface area contributed by atoms with E-state index >= 15 is 0 Å². The summed E-state index contributed by atoms with van der Waals surface area (Å²) in [5.41, 5.74) is 10.1. The van der Waals surface area contributed by atoms with Crippen LogP contribution in [0.25, 0.3) is 0 Å². The van der Waals surface area contributed by atoms with Gasteiger partial charge in [0.05, 0.1) is 11.8 Å². The van der Waals surface area contributed by atoms with Crippen LogP contribution in [0.1, 0.15) is 23.6 Å². The van der Waals surface area contributed by atoms with Crippen molar-refractivity contribution in [1.82, 2.24) is 10.3 Å². The fourth-order valence-corrected chi connectivity index (χ4v) is 3.00. The standard InChI is InChI=1S/C18H19ClN4O/c1-11-9-13-3-6-14(19)10-16(13)17(22-23(11)18(24)21-2)12-4-7-15(20)8-5-12/h3-8,10-11H,9,20H2,1-2H3,(H,21,24). The van der Waals surface area contributed by atoms with E-state index in [9.17, 15) is 4.79 Å². The lowest BCUT2D eigenvalue weighted by Crippen LogP contribution is -2.41. The van der Waals surface area contributed by atoms with Crippen LogP contribution in [0.3, 0.4) is 0 Å². The summed E-state index contributed by atoms with van der Waals surface area (Å²) in [5, 5.41) is 9.42. The van der Waals surface area contributed by atoms with E-state index in [1.165, 1.54) is 5.01 Å². The lowest BCUT2D eigenvalue weighted by Gasteiger charge is -2.22. The fraction of sp³-hybridized carbons (Fsp3) is 0.222. The van der Waals surface area contributed by atoms with Gasteiger partial charge < -0.3 is 11.1 Å². The molecule has 2 aromatic carbocycles. The summed E-state index contributed by atoms with van der Waals surface area (Å²) in [6, 6.07) is 12.9. The Morgan fingerprint density at radius 1 is 1.29 bits per heavy atom. The zero-order chi connectivity index (χ0) is 17.3. The van der Waals surface area contributed by atoms with Gasteiger partial charge in [-0.1, -0.05) is 29.8 Å². The van der Waals surface area contributed by atoms with Gasteiger partial charge in [-0.3, -0.25) is 0 Å². The van der Waals surface area contributed by atoms with E-state index in [0.717, 1.165) is 16.7 Å². The van der Waals surface area contributed by atoms with Crippen molar-refractivity contribution >= 4 is 29.0 Å². The quantitative estimate of drug-likeness (QED) is 0.781. The molecule has 3 rings (SSSR count). The average Bonchev–Trinajstić information content (AvgIpc) is 2.71. The second-order valence-corrected chi connectivity index (χ2v) is 6.26. The molecule has 3 N–H and O–H groups in total. The summed E-state index contributed by atoms with van der Waals surface area (Å²) in [5.74, 6) is 0. The maximum absolute atomic E-state index is 12.2. The smallest absolute Gasteiger partial charge is 0.337 e. The number of fused-ring (bicyclic) bond motifs is 1. The molecule has 24 heavy (non-hydrogen) atoms. The summed E-state index contributed by atoms with van der Waals surface area (Å²) in [7, 11) is 1.60. The third-order valence-electron chi connectivity index (χ3n) is 4.07. The summed E-state index contributed by atoms with van der Waals surface area (Å²) in [6.07, 6.45) is 0.696. The molecular weight excluding hydrogens is 324 g/mol. The maximum Gasteiger partial charge on any atom is 0.337 e. The number of hydrogen-bond acceptors (Lipinski definition) is 3. The molecule has 1 atom stereocenters. The largest absolute Gasteiger partial charge is 0.399 e. The highest BCUT2D eigenvalue weighted by molar-refractivity contribution is 6.31. The third kappa shape index (κ3) is 3.08. The number of rotatable bonds is 1. The molecule has 0 saturated carbocycles. The van der Waals surface area contributed by atoms with Crippen LogP contribution in [0.2, 0.25) is 5.02 Å². The minimum Gasteiger partial charge on any atom is -0.399 e. The van der Waals surface area contributed by atoms with Gasteiger partial charge >= 0.3 is 6.03 Å². The number of carbonyl (C=O) groups is 1. The molecule has 0 aromatic heterocycles. The first-order valence-electron chi connectivity index (χ1n) is 7.74. The molecule has 124 valence electrons. The predicted molar refractivity (Wildman–Crippen MR) is 97.4 cm³/mol. The van der Waals surface area contributed by atoms with Crippen LogP contribution >= 0.6 is 11.6 Å². The minimum atomic E-state index is -0.241. The van der Waals surface area contributed by atoms with Gasteiger partial charge in [0.1, 0.15) is 0 Å². The van der Waals surface area contributed by atoms with E-state index in [0.29, 0.717) is 22.8 Å². The van der Waals surface area contributed by atoms with Crippen molar-refractivity contribution in [1.29, 1.82) is 0 Å². The highest BCUT2D eigenvalue weighted by Crippen LogP contribution is 2.26. The van der Waals surface area contributed by atoms with Crippen molar-refractivity contribution in [2.45, 2.75) is 19.4 Å². The van der Waals surface area contributed by atoms with Crippen LogP contribution in [-0.4, -0.2) is 29.8 Å². The van der Waals surface area contributed by atoms with E-state index in [1.54, 1.807) is 7.05 Å². The molecule has 1 aliphatic rings. The van der Waals surface area contributed by atoms with E-state index in [-0.39, 0.29) is 12.1 Å². The van der Waals surface area contributed by atoms with Gasteiger partial charge in [0.2, 0.25) is 0 Å². The number of nitrogens with two attached hydrogens (primary N) is 1. The number of anilines is 1. The molecule has 2 amide bonds. The molecule has 5 nitrogen and oxygen atoms in total. The summed E-state index contributed by atoms with van der Waals surface area (Å²) in [6.45, 7) is 1.98. The third-order valence-corrected chi connectivity index (χ3v) is 4.31. The molecule has 1 aliphatic heterocycles. The van der Waals surface area contributed by atoms with E-state index in [2.05, 4.69) is 10.4 Å². The number of benzene rings is 2. The van der Waals surface area contributed by atoms with Gasteiger partial charge in [-0.15, -0.1) is 0 Å². The van der Waals surface area contributed by atoms with Crippen molar-refractivity contribution in [3.05, 3.63) is 64.2 Å². The van der Waals surface area contributed by atoms with Crippen molar-refractivity contribution < 1.29 is 4.79 Å². The normalized spacial score (nSPS) is 16.9. The van der Waals surface area contributed by atoms with Gasteiger partial charge in [0.25, 0.3) is 0 Å². The number of halogens is 1. The molecule has 0 fully saturated rings. The van der Waals surface area contributed by atoms with Gasteiger partial charge in [0, 0.05) is 28.9 Å². The Balaban J connectivity index is 2.20. The molecule has 0 aliphatic carbocycles. The van der Waals surface area contributed by atoms with Crippen LogP contribution in [0, 0.1) is 0 Å². The number of hydrazone groups is 1. The second kappa shape index (κ2) is 6.53. The topological polar surface area (TPSA) is 70.7 Å². The average molecular weight is 343 g/mol. The van der Waals surface area contributed by atoms with Gasteiger partial charge in [0.15, 0.2) is 0 Å². The van der Waals surface area contributed by atoms with E-state index in [4.69, 9.17) is 17.3 Å². The SMILES string of the molecule is CNC(=O)N1N=C(c2ccc(N)cc2)c2cc(Cl)ccc2CC1C. The Bertz CT molecular complexity index is 801. The number of amides is 2. The summed E-state index contributed by atoms with van der Waals surface area (Å²) >= 11 is 6.20. The first-order chi connectivity index (χ1) is 11.5. The van der Waals surface area contributed by atoms with Crippen molar-refractivity contribution in [2.24, 2.45) is 5.10 Å². The highest BCUT2D eigenvalue weighted by atomic mass is 35.5. The molecule has 0 spiro atoms. The number of hydrogen-bond donors (Lipinski definition) is 2. The highest BCUT2D eigenvalue weighted by Gasteiger charge is 2.26. The Morgan fingerprint density at radius 3 is 2.67 bits per heavy atom. The second-order valence-electron chi connectivity index (χ2n) is 5.82. The van der Waals surface area contributed by atoms with Crippen LogP contribution in [0.5, 0.6) is 0 Å². The molecule has 2 aromatic rings. The molecule has 1 heterocycles. The fourth-order valence-electron chi connectivity index (χ4n) is 2.83. The van der Waals surface area contributed by atoms with Crippen LogP contribution in [-0.2, 0) is 6.42 Å². The molecule has 1 unspecified atom stereocenters. The summed E-state index contributed by atoms with van der Waals surface area (Å²) < 4.78 is 0. The number of nitrogens with one attached hydrogen (secondary N) is 1. The predicted octanol–water partition coefficient (Wildman–Crippen LogP) is 3.26. The number of carbonyl (C=O) groups excluding carboxylic acids is 1. The van der Waals surface area contributed by atoms with Gasteiger partial charge in [-0.05, 0) is 43.2 Å². The van der Waals surface area contributed by atoms with Crippen molar-refractivity contribution in [3.8, 4) is 0 Å². The lowest BCUT2D eigenvalue weighted by atomic mass is 9.95. The van der Waals surface area contributed by atoms with Crippen molar-refractivity contribution in [2.75, 3.05) is 12.8 Å². The van der Waals surface area contributed by atoms with Crippen LogP contribution in [0.15, 0.2) is 47.6 Å². The first-order valence-corrected chi connectivity index (χ1v) is 8.11. The number of nitrogen functional groups attached to an aromatic ring is 1. The number of urea groups is 1. The Kier molecular flexibility index (Phi) is 4.44. The van der Waals surface area contributed by atoms with E-state index in [1.807, 2.05) is 49.4 Å². The minimum absolute atomic E-state index is 0.0730. The van der Waals surface area contributed by atoms with Crippen LogP contribution in [0.4, 0.5) is 10.5 Å². The Hall–Kier alpha value is -2.53. The van der Waals surface area contributed by atoms with Gasteiger partial charge in [-0.2, -0.15) is 5.10 Å². The number of nitrogens with zero attached hydrogens (tertiary/aromatic N) is 2. The molecule has 6 heteroatoms. The first kappa shape index (κ1) is 16.3. The maximum atomic E-state index is 12.2. The molecule has 0 radical (unpaired) electrons. The molecule has 0 bridgehead atoms. The zero-order valence-corrected chi connectivity index (χ0v) is 14.3. The van der Waals surface area contributed by atoms with Crippen molar-refractivity contribution in [3.63, 3.8) is 0 Å². The van der Waals surface area contributed by atoms with E-state index < -0.39 is 0 Å². The molecule has 0 saturated heterocycles. The van der Waals surface area contributed by atoms with Gasteiger partial charge in [-0.25, -0.2) is 9.80 Å². The Morgan fingerprint density at radius 2 is 2.00 bits per heavy atom.